The topological polar surface area (TPSA) is 12.0 Å². The molecule has 0 spiro atoms. The van der Waals surface area contributed by atoms with Crippen molar-refractivity contribution >= 4 is 0 Å². The van der Waals surface area contributed by atoms with Gasteiger partial charge in [-0.2, -0.15) is 0 Å². The van der Waals surface area contributed by atoms with Crippen molar-refractivity contribution in [3.05, 3.63) is 35.4 Å². The molecule has 0 amide bonds. The molecule has 0 radical (unpaired) electrons. The fourth-order valence-corrected chi connectivity index (χ4v) is 1.31. The average molecular weight is 213 g/mol. The molecule has 1 nitrogen and oxygen atoms in total. The van der Waals surface area contributed by atoms with E-state index in [4.69, 9.17) is 0 Å². The summed E-state index contributed by atoms with van der Waals surface area (Å²) in [7, 11) is 0. The van der Waals surface area contributed by atoms with Gasteiger partial charge in [-0.25, -0.2) is 8.78 Å². The largest absolute Gasteiger partial charge is 0.312 e. The summed E-state index contributed by atoms with van der Waals surface area (Å²) >= 11 is 0. The highest BCUT2D eigenvalue weighted by Crippen LogP contribution is 2.11. The van der Waals surface area contributed by atoms with Crippen molar-refractivity contribution in [3.63, 3.8) is 0 Å². The van der Waals surface area contributed by atoms with Crippen LogP contribution in [0.5, 0.6) is 0 Å². The molecular weight excluding hydrogens is 196 g/mol. The molecule has 1 N–H and O–H groups in total. The number of benzene rings is 1. The number of hydrogen-bond acceptors (Lipinski definition) is 1. The van der Waals surface area contributed by atoms with Crippen molar-refractivity contribution in [1.29, 1.82) is 0 Å². The molecule has 0 heterocycles. The Bertz CT molecular complexity index is 290. The zero-order valence-corrected chi connectivity index (χ0v) is 9.19. The van der Waals surface area contributed by atoms with E-state index in [2.05, 4.69) is 19.2 Å². The molecule has 15 heavy (non-hydrogen) atoms. The van der Waals surface area contributed by atoms with E-state index >= 15 is 0 Å². The van der Waals surface area contributed by atoms with E-state index in [9.17, 15) is 8.78 Å². The Morgan fingerprint density at radius 2 is 1.80 bits per heavy atom. The van der Waals surface area contributed by atoms with Crippen LogP contribution in [0.1, 0.15) is 25.8 Å². The average Bonchev–Trinajstić information content (AvgIpc) is 2.15. The molecule has 0 saturated carbocycles. The minimum atomic E-state index is -0.480. The maximum absolute atomic E-state index is 13.2. The van der Waals surface area contributed by atoms with Crippen molar-refractivity contribution in [2.45, 2.75) is 26.8 Å². The van der Waals surface area contributed by atoms with Gasteiger partial charge >= 0.3 is 0 Å². The van der Waals surface area contributed by atoms with Crippen molar-refractivity contribution in [1.82, 2.24) is 5.32 Å². The number of nitrogens with one attached hydrogen (secondary N) is 1. The molecule has 0 aliphatic carbocycles. The molecule has 0 bridgehead atoms. The molecule has 0 fully saturated rings. The maximum Gasteiger partial charge on any atom is 0.130 e. The lowest BCUT2D eigenvalue weighted by atomic mass is 10.1. The summed E-state index contributed by atoms with van der Waals surface area (Å²) < 4.78 is 26.3. The smallest absolute Gasteiger partial charge is 0.130 e. The van der Waals surface area contributed by atoms with Crippen LogP contribution in [0.4, 0.5) is 8.78 Å². The van der Waals surface area contributed by atoms with Crippen LogP contribution in [-0.2, 0) is 6.54 Å². The highest BCUT2D eigenvalue weighted by atomic mass is 19.1. The maximum atomic E-state index is 13.2. The summed E-state index contributed by atoms with van der Waals surface area (Å²) in [4.78, 5) is 0. The van der Waals surface area contributed by atoms with Gasteiger partial charge in [-0.15, -0.1) is 0 Å². The number of halogens is 2. The number of hydrogen-bond donors (Lipinski definition) is 1. The van der Waals surface area contributed by atoms with Crippen LogP contribution in [0.15, 0.2) is 18.2 Å². The molecule has 0 atom stereocenters. The second-order valence-electron chi connectivity index (χ2n) is 4.06. The van der Waals surface area contributed by atoms with Gasteiger partial charge in [-0.1, -0.05) is 19.9 Å². The first kappa shape index (κ1) is 12.1. The molecule has 1 aromatic carbocycles. The van der Waals surface area contributed by atoms with Crippen LogP contribution in [0.2, 0.25) is 0 Å². The zero-order valence-electron chi connectivity index (χ0n) is 9.19. The third-order valence-electron chi connectivity index (χ3n) is 2.26. The van der Waals surface area contributed by atoms with Crippen LogP contribution in [0, 0.1) is 17.6 Å². The summed E-state index contributed by atoms with van der Waals surface area (Å²) in [5, 5.41) is 3.03. The minimum Gasteiger partial charge on any atom is -0.312 e. The van der Waals surface area contributed by atoms with Crippen molar-refractivity contribution < 1.29 is 8.78 Å². The lowest BCUT2D eigenvalue weighted by Crippen LogP contribution is -2.18. The predicted molar refractivity (Wildman–Crippen MR) is 57.5 cm³/mol. The standard InChI is InChI=1S/C12H17F2N/c1-9(2)6-7-15-8-10-11(13)4-3-5-12(10)14/h3-5,9,15H,6-8H2,1-2H3. The first-order chi connectivity index (χ1) is 7.11. The van der Waals surface area contributed by atoms with Gasteiger partial charge in [0, 0.05) is 12.1 Å². The van der Waals surface area contributed by atoms with E-state index in [0.717, 1.165) is 13.0 Å². The van der Waals surface area contributed by atoms with E-state index in [1.54, 1.807) is 0 Å². The van der Waals surface area contributed by atoms with Gasteiger partial charge in [-0.3, -0.25) is 0 Å². The molecule has 1 rings (SSSR count). The highest BCUT2D eigenvalue weighted by Gasteiger charge is 2.06. The summed E-state index contributed by atoms with van der Waals surface area (Å²) in [5.41, 5.74) is 0.126. The summed E-state index contributed by atoms with van der Waals surface area (Å²) in [6, 6.07) is 3.94. The van der Waals surface area contributed by atoms with Gasteiger partial charge < -0.3 is 5.32 Å². The van der Waals surface area contributed by atoms with E-state index in [0.29, 0.717) is 5.92 Å². The molecule has 0 unspecified atom stereocenters. The lowest BCUT2D eigenvalue weighted by Gasteiger charge is -2.08. The third-order valence-corrected chi connectivity index (χ3v) is 2.26. The molecule has 0 aliphatic rings. The van der Waals surface area contributed by atoms with Crippen LogP contribution in [-0.4, -0.2) is 6.54 Å². The Labute approximate surface area is 89.5 Å². The molecule has 0 saturated heterocycles. The Hall–Kier alpha value is -0.960. The monoisotopic (exact) mass is 213 g/mol. The quantitative estimate of drug-likeness (QED) is 0.741. The Balaban J connectivity index is 2.43. The van der Waals surface area contributed by atoms with Gasteiger partial charge in [0.25, 0.3) is 0 Å². The SMILES string of the molecule is CC(C)CCNCc1c(F)cccc1F. The molecule has 3 heteroatoms. The first-order valence-corrected chi connectivity index (χ1v) is 5.25. The first-order valence-electron chi connectivity index (χ1n) is 5.25. The molecule has 84 valence electrons. The summed E-state index contributed by atoms with van der Waals surface area (Å²) in [6.07, 6.45) is 1.01. The van der Waals surface area contributed by atoms with Crippen LogP contribution < -0.4 is 5.32 Å². The van der Waals surface area contributed by atoms with Crippen molar-refractivity contribution in [3.8, 4) is 0 Å². The van der Waals surface area contributed by atoms with E-state index in [-0.39, 0.29) is 12.1 Å². The molecule has 0 aliphatic heterocycles. The molecular formula is C12H17F2N. The van der Waals surface area contributed by atoms with Gasteiger partial charge in [0.15, 0.2) is 0 Å². The minimum absolute atomic E-state index is 0.126. The van der Waals surface area contributed by atoms with Gasteiger partial charge in [0.2, 0.25) is 0 Å². The summed E-state index contributed by atoms with van der Waals surface area (Å²) in [6.45, 7) is 5.27. The van der Waals surface area contributed by atoms with E-state index < -0.39 is 11.6 Å². The second-order valence-corrected chi connectivity index (χ2v) is 4.06. The predicted octanol–water partition coefficient (Wildman–Crippen LogP) is 3.10. The third kappa shape index (κ3) is 3.96. The Morgan fingerprint density at radius 3 is 2.33 bits per heavy atom. The lowest BCUT2D eigenvalue weighted by molar-refractivity contribution is 0.507. The molecule has 1 aromatic rings. The van der Waals surface area contributed by atoms with E-state index in [1.807, 2.05) is 0 Å². The van der Waals surface area contributed by atoms with Gasteiger partial charge in [-0.05, 0) is 31.0 Å². The second kappa shape index (κ2) is 5.81. The Kier molecular flexibility index (Phi) is 4.69. The van der Waals surface area contributed by atoms with Gasteiger partial charge in [0.1, 0.15) is 11.6 Å². The van der Waals surface area contributed by atoms with Crippen LogP contribution >= 0.6 is 0 Å². The Morgan fingerprint density at radius 1 is 1.20 bits per heavy atom. The fraction of sp³-hybridized carbons (Fsp3) is 0.500. The van der Waals surface area contributed by atoms with Crippen molar-refractivity contribution in [2.75, 3.05) is 6.54 Å². The van der Waals surface area contributed by atoms with Crippen LogP contribution in [0.3, 0.4) is 0 Å². The van der Waals surface area contributed by atoms with Crippen LogP contribution in [0.25, 0.3) is 0 Å². The summed E-state index contributed by atoms with van der Waals surface area (Å²) in [5.74, 6) is -0.359. The van der Waals surface area contributed by atoms with E-state index in [1.165, 1.54) is 18.2 Å². The normalized spacial score (nSPS) is 11.0. The fourth-order valence-electron chi connectivity index (χ4n) is 1.31. The van der Waals surface area contributed by atoms with Crippen molar-refractivity contribution in [2.24, 2.45) is 5.92 Å². The zero-order chi connectivity index (χ0) is 11.3. The molecule has 0 aromatic heterocycles. The van der Waals surface area contributed by atoms with Gasteiger partial charge in [0.05, 0.1) is 0 Å². The highest BCUT2D eigenvalue weighted by molar-refractivity contribution is 5.19. The number of rotatable bonds is 5.